The second-order valence-electron chi connectivity index (χ2n) is 7.60. The van der Waals surface area contributed by atoms with Crippen LogP contribution in [0.1, 0.15) is 51.4 Å². The fraction of sp³-hybridized carbons (Fsp3) is 0.217. The number of alkyl halides is 3. The Bertz CT molecular complexity index is 1250. The van der Waals surface area contributed by atoms with E-state index in [9.17, 15) is 27.2 Å². The highest BCUT2D eigenvalue weighted by molar-refractivity contribution is 6.32. The number of carbonyl (C=O) groups excluding carboxylic acids is 1. The van der Waals surface area contributed by atoms with Gasteiger partial charge in [-0.2, -0.15) is 13.2 Å². The predicted octanol–water partition coefficient (Wildman–Crippen LogP) is 5.91. The lowest BCUT2D eigenvalue weighted by Gasteiger charge is -2.28. The Hall–Kier alpha value is -3.13. The number of hydrogen-bond acceptors (Lipinski definition) is 2. The van der Waals surface area contributed by atoms with Crippen LogP contribution in [0.25, 0.3) is 0 Å². The number of aryl methyl sites for hydroxylation is 1. The summed E-state index contributed by atoms with van der Waals surface area (Å²) in [7, 11) is 0. The van der Waals surface area contributed by atoms with Crippen LogP contribution in [0.15, 0.2) is 53.5 Å². The van der Waals surface area contributed by atoms with Crippen LogP contribution in [-0.4, -0.2) is 10.9 Å². The monoisotopic (exact) mass is 464 g/mol. The zero-order chi connectivity index (χ0) is 23.0. The molecular weight excluding hydrogens is 448 g/mol. The van der Waals surface area contributed by atoms with E-state index in [4.69, 9.17) is 11.6 Å². The minimum atomic E-state index is -4.71. The van der Waals surface area contributed by atoms with Crippen LogP contribution in [0, 0.1) is 5.82 Å². The van der Waals surface area contributed by atoms with Gasteiger partial charge in [-0.15, -0.1) is 0 Å². The van der Waals surface area contributed by atoms with Crippen molar-refractivity contribution < 1.29 is 22.4 Å². The molecule has 4 nitrogen and oxygen atoms in total. The lowest BCUT2D eigenvalue weighted by molar-refractivity contribution is -0.137. The van der Waals surface area contributed by atoms with Crippen molar-refractivity contribution in [3.63, 3.8) is 0 Å². The van der Waals surface area contributed by atoms with Gasteiger partial charge in [0.1, 0.15) is 5.82 Å². The van der Waals surface area contributed by atoms with Gasteiger partial charge in [0, 0.05) is 29.4 Å². The highest BCUT2D eigenvalue weighted by Gasteiger charge is 2.36. The van der Waals surface area contributed by atoms with Gasteiger partial charge in [0.25, 0.3) is 5.91 Å². The SMILES string of the molecule is O=C(Nc1cc[nH]c(=O)c1)c1cc(Cl)c(C(F)(F)F)cc1C1CCCc2cc(F)ccc21. The average Bonchev–Trinajstić information content (AvgIpc) is 2.72. The first kappa shape index (κ1) is 22.1. The fourth-order valence-electron chi connectivity index (χ4n) is 4.12. The molecule has 0 bridgehead atoms. The second kappa shape index (κ2) is 8.43. The molecular formula is C23H17ClF4N2O2. The first-order valence-electron chi connectivity index (χ1n) is 9.82. The molecule has 1 aromatic heterocycles. The average molecular weight is 465 g/mol. The lowest BCUT2D eigenvalue weighted by atomic mass is 9.77. The first-order chi connectivity index (χ1) is 15.1. The third-order valence-corrected chi connectivity index (χ3v) is 5.83. The Morgan fingerprint density at radius 1 is 1.09 bits per heavy atom. The van der Waals surface area contributed by atoms with Crippen LogP contribution in [0.4, 0.5) is 23.2 Å². The highest BCUT2D eigenvalue weighted by Crippen LogP contribution is 2.43. The molecule has 2 N–H and O–H groups in total. The molecule has 9 heteroatoms. The molecule has 1 atom stereocenters. The molecule has 1 aliphatic carbocycles. The van der Waals surface area contributed by atoms with Crippen molar-refractivity contribution >= 4 is 23.2 Å². The van der Waals surface area contributed by atoms with Gasteiger partial charge in [0.05, 0.1) is 10.6 Å². The van der Waals surface area contributed by atoms with Crippen molar-refractivity contribution in [3.8, 4) is 0 Å². The van der Waals surface area contributed by atoms with Crippen molar-refractivity contribution in [2.75, 3.05) is 5.32 Å². The zero-order valence-electron chi connectivity index (χ0n) is 16.5. The number of hydrogen-bond donors (Lipinski definition) is 2. The van der Waals surface area contributed by atoms with E-state index in [1.165, 1.54) is 24.4 Å². The summed E-state index contributed by atoms with van der Waals surface area (Å²) in [5, 5.41) is 1.93. The molecule has 1 unspecified atom stereocenters. The fourth-order valence-corrected chi connectivity index (χ4v) is 4.39. The number of fused-ring (bicyclic) bond motifs is 1. The van der Waals surface area contributed by atoms with Gasteiger partial charge in [-0.1, -0.05) is 17.7 Å². The normalized spacial score (nSPS) is 15.8. The summed E-state index contributed by atoms with van der Waals surface area (Å²) >= 11 is 5.91. The molecule has 1 aliphatic rings. The number of rotatable bonds is 3. The minimum absolute atomic E-state index is 0.0366. The largest absolute Gasteiger partial charge is 0.417 e. The summed E-state index contributed by atoms with van der Waals surface area (Å²) in [4.78, 5) is 27.0. The molecule has 0 saturated carbocycles. The van der Waals surface area contributed by atoms with Gasteiger partial charge < -0.3 is 10.3 Å². The van der Waals surface area contributed by atoms with E-state index < -0.39 is 40.0 Å². The molecule has 4 rings (SSSR count). The topological polar surface area (TPSA) is 62.0 Å². The maximum absolute atomic E-state index is 13.7. The number of halogens is 5. The van der Waals surface area contributed by atoms with E-state index in [1.54, 1.807) is 6.07 Å². The first-order valence-corrected chi connectivity index (χ1v) is 10.2. The predicted molar refractivity (Wildman–Crippen MR) is 113 cm³/mol. The number of aromatic amines is 1. The van der Waals surface area contributed by atoms with Crippen LogP contribution < -0.4 is 10.9 Å². The van der Waals surface area contributed by atoms with E-state index in [1.807, 2.05) is 0 Å². The molecule has 3 aromatic rings. The minimum Gasteiger partial charge on any atom is -0.329 e. The van der Waals surface area contributed by atoms with Gasteiger partial charge >= 0.3 is 6.18 Å². The maximum Gasteiger partial charge on any atom is 0.417 e. The summed E-state index contributed by atoms with van der Waals surface area (Å²) in [5.41, 5.74) is 0.186. The van der Waals surface area contributed by atoms with Gasteiger partial charge in [-0.25, -0.2) is 4.39 Å². The molecule has 166 valence electrons. The number of aromatic nitrogens is 1. The molecule has 0 spiro atoms. The number of carbonyl (C=O) groups is 1. The Balaban J connectivity index is 1.85. The molecule has 32 heavy (non-hydrogen) atoms. The van der Waals surface area contributed by atoms with Crippen LogP contribution >= 0.6 is 11.6 Å². The number of nitrogens with one attached hydrogen (secondary N) is 2. The summed E-state index contributed by atoms with van der Waals surface area (Å²) in [6.07, 6.45) is -1.67. The summed E-state index contributed by atoms with van der Waals surface area (Å²) in [6, 6.07) is 8.68. The maximum atomic E-state index is 13.7. The third-order valence-electron chi connectivity index (χ3n) is 5.52. The van der Waals surface area contributed by atoms with E-state index in [0.29, 0.717) is 30.4 Å². The Morgan fingerprint density at radius 2 is 1.88 bits per heavy atom. The summed E-state index contributed by atoms with van der Waals surface area (Å²) < 4.78 is 54.5. The summed E-state index contributed by atoms with van der Waals surface area (Å²) in [5.74, 6) is -1.67. The van der Waals surface area contributed by atoms with Gasteiger partial charge in [0.2, 0.25) is 5.56 Å². The van der Waals surface area contributed by atoms with Crippen LogP contribution in [0.5, 0.6) is 0 Å². The van der Waals surface area contributed by atoms with Crippen LogP contribution in [0.2, 0.25) is 5.02 Å². The quantitative estimate of drug-likeness (QED) is 0.473. The van der Waals surface area contributed by atoms with Crippen molar-refractivity contribution in [2.45, 2.75) is 31.4 Å². The highest BCUT2D eigenvalue weighted by atomic mass is 35.5. The number of pyridine rings is 1. The van der Waals surface area contributed by atoms with Crippen molar-refractivity contribution in [3.05, 3.63) is 97.7 Å². The van der Waals surface area contributed by atoms with E-state index in [2.05, 4.69) is 10.3 Å². The molecule has 0 aliphatic heterocycles. The third kappa shape index (κ3) is 4.41. The molecule has 0 radical (unpaired) electrons. The van der Waals surface area contributed by atoms with Gasteiger partial charge in [-0.3, -0.25) is 9.59 Å². The van der Waals surface area contributed by atoms with Crippen LogP contribution in [-0.2, 0) is 12.6 Å². The Kier molecular flexibility index (Phi) is 5.81. The number of amides is 1. The standard InChI is InChI=1S/C23H17ClF4N2O2/c24-20-11-18(22(32)30-14-6-7-29-21(31)9-14)17(10-19(20)23(26,27)28)16-3-1-2-12-8-13(25)4-5-15(12)16/h4-11,16H,1-3H2,(H2,29,30,31,32). The molecule has 0 fully saturated rings. The lowest BCUT2D eigenvalue weighted by Crippen LogP contribution is -2.21. The number of anilines is 1. The summed E-state index contributed by atoms with van der Waals surface area (Å²) in [6.45, 7) is 0. The van der Waals surface area contributed by atoms with Crippen molar-refractivity contribution in [1.29, 1.82) is 0 Å². The van der Waals surface area contributed by atoms with Crippen LogP contribution in [0.3, 0.4) is 0 Å². The number of H-pyrrole nitrogens is 1. The van der Waals surface area contributed by atoms with E-state index >= 15 is 0 Å². The Morgan fingerprint density at radius 3 is 2.59 bits per heavy atom. The smallest absolute Gasteiger partial charge is 0.329 e. The van der Waals surface area contributed by atoms with Crippen molar-refractivity contribution in [1.82, 2.24) is 4.98 Å². The number of benzene rings is 2. The molecule has 0 saturated heterocycles. The van der Waals surface area contributed by atoms with E-state index in [0.717, 1.165) is 18.2 Å². The van der Waals surface area contributed by atoms with Gasteiger partial charge in [0.15, 0.2) is 0 Å². The second-order valence-corrected chi connectivity index (χ2v) is 8.01. The van der Waals surface area contributed by atoms with Gasteiger partial charge in [-0.05, 0) is 66.3 Å². The van der Waals surface area contributed by atoms with E-state index in [-0.39, 0.29) is 16.8 Å². The molecule has 1 heterocycles. The molecule has 1 amide bonds. The van der Waals surface area contributed by atoms with Crippen molar-refractivity contribution in [2.24, 2.45) is 0 Å². The molecule has 2 aromatic carbocycles. The zero-order valence-corrected chi connectivity index (χ0v) is 17.3. The Labute approximate surface area is 185 Å².